The second kappa shape index (κ2) is 11.1. The number of hydrogen-bond acceptors (Lipinski definition) is 6. The fourth-order valence-electron chi connectivity index (χ4n) is 4.33. The number of para-hydroxylation sites is 1. The molecule has 0 aliphatic carbocycles. The van der Waals surface area contributed by atoms with E-state index in [1.165, 1.54) is 0 Å². The molecule has 1 aromatic heterocycles. The lowest BCUT2D eigenvalue weighted by molar-refractivity contribution is -0.139. The Labute approximate surface area is 194 Å². The largest absolute Gasteiger partial charge is 0.400 e. The number of benzene rings is 1. The lowest BCUT2D eigenvalue weighted by Crippen LogP contribution is -2.67. The van der Waals surface area contributed by atoms with Crippen molar-refractivity contribution in [3.05, 3.63) is 48.3 Å². The summed E-state index contributed by atoms with van der Waals surface area (Å²) in [4.78, 5) is 33.3. The molecule has 10 heteroatoms. The molecule has 3 N–H and O–H groups in total. The number of aromatic nitrogens is 2. The summed E-state index contributed by atoms with van der Waals surface area (Å²) in [7, 11) is 4.89. The molecule has 0 bridgehead atoms. The molecular formula is C23H33N7O3. The Bertz CT molecular complexity index is 966. The second-order valence-electron chi connectivity index (χ2n) is 8.17. The standard InChI is InChI=1S/C18H23N5O2.C4H6N2.CH4O/c1-22-11-8-19-16(24)18(22)6-9-23(10-7-18)17(25)21-15-12-13-4-2-3-5-14(13)20-15;1-6-4-2-3-5-6;1-2/h2-5H,6-12H2,1H3,(H,19,24)(H,20,21,25);2-4H,1H3;2H,1H3. The number of amidine groups is 1. The van der Waals surface area contributed by atoms with E-state index in [2.05, 4.69) is 25.6 Å². The number of aliphatic imine (C=N–C) groups is 1. The first-order chi connectivity index (χ1) is 16.0. The molecule has 0 atom stereocenters. The summed E-state index contributed by atoms with van der Waals surface area (Å²) in [6.07, 6.45) is 5.62. The van der Waals surface area contributed by atoms with Gasteiger partial charge in [0.15, 0.2) is 0 Å². The maximum atomic E-state index is 12.6. The van der Waals surface area contributed by atoms with Gasteiger partial charge in [0.2, 0.25) is 5.91 Å². The number of urea groups is 1. The van der Waals surface area contributed by atoms with Gasteiger partial charge in [-0.2, -0.15) is 5.10 Å². The topological polar surface area (TPSA) is 115 Å². The van der Waals surface area contributed by atoms with Gasteiger partial charge in [0.05, 0.1) is 5.69 Å². The fourth-order valence-corrected chi connectivity index (χ4v) is 4.33. The quantitative estimate of drug-likeness (QED) is 0.546. The monoisotopic (exact) mass is 455 g/mol. The number of carbonyl (C=O) groups is 2. The number of carbonyl (C=O) groups excluding carboxylic acids is 2. The Hall–Kier alpha value is -3.24. The number of likely N-dealkylation sites (N-methyl/N-ethyl adjacent to an activating group) is 1. The van der Waals surface area contributed by atoms with E-state index in [4.69, 9.17) is 5.11 Å². The lowest BCUT2D eigenvalue weighted by Gasteiger charge is -2.48. The highest BCUT2D eigenvalue weighted by atomic mass is 16.2. The van der Waals surface area contributed by atoms with E-state index in [0.717, 1.165) is 24.9 Å². The molecule has 178 valence electrons. The number of nitrogens with zero attached hydrogens (tertiary/aromatic N) is 5. The SMILES string of the molecule is CN1CCNC(=O)C12CCN(C(=O)NC1=Nc3ccccc3C1)CC2.CO.Cn1cccn1. The number of aliphatic hydroxyl groups is 1. The van der Waals surface area contributed by atoms with Crippen molar-refractivity contribution in [2.45, 2.75) is 24.8 Å². The molecule has 3 aliphatic rings. The van der Waals surface area contributed by atoms with Crippen LogP contribution in [0.2, 0.25) is 0 Å². The molecule has 0 saturated carbocycles. The Morgan fingerprint density at radius 3 is 2.42 bits per heavy atom. The first kappa shape index (κ1) is 24.4. The lowest BCUT2D eigenvalue weighted by atomic mass is 9.83. The van der Waals surface area contributed by atoms with Crippen LogP contribution in [0.15, 0.2) is 47.7 Å². The van der Waals surface area contributed by atoms with E-state index in [1.807, 2.05) is 50.6 Å². The number of hydrogen-bond donors (Lipinski definition) is 3. The van der Waals surface area contributed by atoms with Crippen LogP contribution in [0.25, 0.3) is 0 Å². The van der Waals surface area contributed by atoms with E-state index in [-0.39, 0.29) is 11.9 Å². The molecule has 0 radical (unpaired) electrons. The van der Waals surface area contributed by atoms with Crippen molar-refractivity contribution in [3.8, 4) is 0 Å². The zero-order valence-electron chi connectivity index (χ0n) is 19.5. The van der Waals surface area contributed by atoms with Crippen molar-refractivity contribution in [2.75, 3.05) is 40.3 Å². The highest BCUT2D eigenvalue weighted by Gasteiger charge is 2.47. The van der Waals surface area contributed by atoms with Crippen LogP contribution in [0.3, 0.4) is 0 Å². The number of aliphatic hydroxyl groups excluding tert-OH is 1. The van der Waals surface area contributed by atoms with Crippen molar-refractivity contribution in [3.63, 3.8) is 0 Å². The van der Waals surface area contributed by atoms with Crippen molar-refractivity contribution in [1.29, 1.82) is 0 Å². The zero-order valence-corrected chi connectivity index (χ0v) is 19.5. The van der Waals surface area contributed by atoms with Crippen LogP contribution in [0.5, 0.6) is 0 Å². The number of nitrogens with one attached hydrogen (secondary N) is 2. The van der Waals surface area contributed by atoms with Gasteiger partial charge < -0.3 is 15.3 Å². The maximum Gasteiger partial charge on any atom is 0.322 e. The maximum absolute atomic E-state index is 12.6. The van der Waals surface area contributed by atoms with Crippen LogP contribution in [-0.2, 0) is 18.3 Å². The summed E-state index contributed by atoms with van der Waals surface area (Å²) in [6.45, 7) is 2.70. The third-order valence-electron chi connectivity index (χ3n) is 6.26. The molecule has 5 rings (SSSR count). The van der Waals surface area contributed by atoms with E-state index < -0.39 is 5.54 Å². The van der Waals surface area contributed by atoms with Crippen molar-refractivity contribution < 1.29 is 14.7 Å². The molecule has 1 aromatic carbocycles. The van der Waals surface area contributed by atoms with Gasteiger partial charge in [-0.15, -0.1) is 0 Å². The normalized spacial score (nSPS) is 18.7. The first-order valence-corrected chi connectivity index (χ1v) is 11.1. The molecule has 2 fully saturated rings. The van der Waals surface area contributed by atoms with Gasteiger partial charge in [0.1, 0.15) is 11.4 Å². The minimum Gasteiger partial charge on any atom is -0.400 e. The van der Waals surface area contributed by atoms with Crippen LogP contribution >= 0.6 is 0 Å². The zero-order chi connectivity index (χ0) is 23.8. The highest BCUT2D eigenvalue weighted by molar-refractivity contribution is 6.02. The van der Waals surface area contributed by atoms with Gasteiger partial charge >= 0.3 is 6.03 Å². The van der Waals surface area contributed by atoms with Crippen LogP contribution in [-0.4, -0.2) is 88.3 Å². The summed E-state index contributed by atoms with van der Waals surface area (Å²) < 4.78 is 1.75. The number of aryl methyl sites for hydroxylation is 1. The van der Waals surface area contributed by atoms with Crippen LogP contribution in [0.4, 0.5) is 10.5 Å². The minimum atomic E-state index is -0.462. The van der Waals surface area contributed by atoms with E-state index in [9.17, 15) is 9.59 Å². The molecule has 1 spiro atoms. The highest BCUT2D eigenvalue weighted by Crippen LogP contribution is 2.30. The van der Waals surface area contributed by atoms with Gasteiger partial charge in [-0.25, -0.2) is 9.79 Å². The van der Waals surface area contributed by atoms with Gasteiger partial charge in [-0.05, 0) is 37.6 Å². The molecule has 10 nitrogen and oxygen atoms in total. The Kier molecular flexibility index (Phi) is 8.18. The van der Waals surface area contributed by atoms with Gasteiger partial charge in [0.25, 0.3) is 0 Å². The average Bonchev–Trinajstić information content (AvgIpc) is 3.48. The Balaban J connectivity index is 0.000000329. The van der Waals surface area contributed by atoms with E-state index in [1.54, 1.807) is 15.8 Å². The fraction of sp³-hybridized carbons (Fsp3) is 0.478. The summed E-state index contributed by atoms with van der Waals surface area (Å²) in [5.41, 5.74) is 1.60. The van der Waals surface area contributed by atoms with E-state index >= 15 is 0 Å². The predicted octanol–water partition coefficient (Wildman–Crippen LogP) is 0.907. The summed E-state index contributed by atoms with van der Waals surface area (Å²) in [6, 6.07) is 9.68. The van der Waals surface area contributed by atoms with Crippen molar-refractivity contribution in [2.24, 2.45) is 12.0 Å². The third kappa shape index (κ3) is 5.58. The number of amides is 3. The predicted molar refractivity (Wildman–Crippen MR) is 126 cm³/mol. The van der Waals surface area contributed by atoms with E-state index in [0.29, 0.717) is 44.7 Å². The van der Waals surface area contributed by atoms with Crippen molar-refractivity contribution >= 4 is 23.5 Å². The molecule has 0 unspecified atom stereocenters. The Morgan fingerprint density at radius 1 is 1.12 bits per heavy atom. The summed E-state index contributed by atoms with van der Waals surface area (Å²) >= 11 is 0. The molecule has 3 amide bonds. The smallest absolute Gasteiger partial charge is 0.322 e. The van der Waals surface area contributed by atoms with Gasteiger partial charge in [-0.3, -0.25) is 19.7 Å². The van der Waals surface area contributed by atoms with Gasteiger partial charge in [0, 0.05) is 59.2 Å². The molecule has 4 heterocycles. The van der Waals surface area contributed by atoms with Crippen LogP contribution in [0, 0.1) is 0 Å². The molecule has 2 saturated heterocycles. The van der Waals surface area contributed by atoms with Gasteiger partial charge in [-0.1, -0.05) is 18.2 Å². The number of likely N-dealkylation sites (tertiary alicyclic amines) is 1. The number of piperidine rings is 1. The number of piperazine rings is 1. The summed E-state index contributed by atoms with van der Waals surface area (Å²) in [5, 5.41) is 16.7. The Morgan fingerprint density at radius 2 is 1.85 bits per heavy atom. The first-order valence-electron chi connectivity index (χ1n) is 11.1. The van der Waals surface area contributed by atoms with Crippen LogP contribution < -0.4 is 10.6 Å². The molecule has 2 aromatic rings. The summed E-state index contributed by atoms with van der Waals surface area (Å²) in [5.74, 6) is 0.788. The third-order valence-corrected chi connectivity index (χ3v) is 6.26. The van der Waals surface area contributed by atoms with Crippen molar-refractivity contribution in [1.82, 2.24) is 30.2 Å². The van der Waals surface area contributed by atoms with Crippen LogP contribution in [0.1, 0.15) is 18.4 Å². The second-order valence-corrected chi connectivity index (χ2v) is 8.17. The average molecular weight is 456 g/mol. The number of rotatable bonds is 0. The molecule has 33 heavy (non-hydrogen) atoms. The number of fused-ring (bicyclic) bond motifs is 1. The molecular weight excluding hydrogens is 422 g/mol. The minimum absolute atomic E-state index is 0.0944. The molecule has 3 aliphatic heterocycles.